The molecule has 2 aromatic carbocycles. The fourth-order valence-corrected chi connectivity index (χ4v) is 2.53. The van der Waals surface area contributed by atoms with Crippen molar-refractivity contribution in [2.45, 2.75) is 0 Å². The van der Waals surface area contributed by atoms with Crippen LogP contribution in [-0.2, 0) is 0 Å². The largest absolute Gasteiger partial charge is 0.298 e. The molecule has 5 nitrogen and oxygen atoms in total. The highest BCUT2D eigenvalue weighted by Crippen LogP contribution is 2.30. The van der Waals surface area contributed by atoms with Gasteiger partial charge in [0.15, 0.2) is 0 Å². The number of rotatable bonds is 3. The SMILES string of the molecule is O=Cc1ccc(-c2nc3ncnn3cc2-c2ccccc2)cc1. The van der Waals surface area contributed by atoms with Gasteiger partial charge in [-0.25, -0.2) is 9.50 Å². The van der Waals surface area contributed by atoms with E-state index in [1.165, 1.54) is 6.33 Å². The van der Waals surface area contributed by atoms with E-state index in [0.29, 0.717) is 11.3 Å². The fourth-order valence-electron chi connectivity index (χ4n) is 2.53. The molecule has 0 aliphatic rings. The molecule has 5 heteroatoms. The van der Waals surface area contributed by atoms with Crippen LogP contribution in [0.1, 0.15) is 10.4 Å². The molecular weight excluding hydrogens is 288 g/mol. The first kappa shape index (κ1) is 13.3. The summed E-state index contributed by atoms with van der Waals surface area (Å²) in [5.74, 6) is 0.541. The minimum Gasteiger partial charge on any atom is -0.298 e. The van der Waals surface area contributed by atoms with Gasteiger partial charge in [0.1, 0.15) is 12.6 Å². The van der Waals surface area contributed by atoms with E-state index in [2.05, 4.69) is 15.1 Å². The van der Waals surface area contributed by atoms with Crippen molar-refractivity contribution in [1.82, 2.24) is 19.6 Å². The van der Waals surface area contributed by atoms with Crippen LogP contribution in [0.25, 0.3) is 28.2 Å². The van der Waals surface area contributed by atoms with Gasteiger partial charge < -0.3 is 0 Å². The lowest BCUT2D eigenvalue weighted by molar-refractivity contribution is 0.112. The predicted octanol–water partition coefficient (Wildman–Crippen LogP) is 3.27. The van der Waals surface area contributed by atoms with E-state index < -0.39 is 0 Å². The summed E-state index contributed by atoms with van der Waals surface area (Å²) in [6.07, 6.45) is 4.24. The summed E-state index contributed by atoms with van der Waals surface area (Å²) in [6.45, 7) is 0. The van der Waals surface area contributed by atoms with Gasteiger partial charge in [0.2, 0.25) is 0 Å². The first-order valence-electron chi connectivity index (χ1n) is 7.16. The standard InChI is InChI=1S/C18H12N4O/c23-11-13-6-8-15(9-7-13)17-16(14-4-2-1-3-5-14)10-22-18(21-17)19-12-20-22/h1-12H. The van der Waals surface area contributed by atoms with Crippen molar-refractivity contribution in [2.24, 2.45) is 0 Å². The Kier molecular flexibility index (Phi) is 3.16. The highest BCUT2D eigenvalue weighted by Gasteiger charge is 2.12. The summed E-state index contributed by atoms with van der Waals surface area (Å²) in [6, 6.07) is 17.4. The maximum absolute atomic E-state index is 10.8. The Morgan fingerprint density at radius 3 is 2.43 bits per heavy atom. The summed E-state index contributed by atoms with van der Waals surface area (Å²) >= 11 is 0. The van der Waals surface area contributed by atoms with Gasteiger partial charge in [-0.15, -0.1) is 0 Å². The molecule has 2 heterocycles. The van der Waals surface area contributed by atoms with Crippen molar-refractivity contribution in [3.05, 3.63) is 72.7 Å². The number of hydrogen-bond acceptors (Lipinski definition) is 4. The molecule has 0 saturated carbocycles. The van der Waals surface area contributed by atoms with Crippen LogP contribution < -0.4 is 0 Å². The molecule has 0 atom stereocenters. The maximum atomic E-state index is 10.8. The Morgan fingerprint density at radius 2 is 1.70 bits per heavy atom. The predicted molar refractivity (Wildman–Crippen MR) is 87.0 cm³/mol. The summed E-state index contributed by atoms with van der Waals surface area (Å²) in [4.78, 5) is 19.6. The van der Waals surface area contributed by atoms with Gasteiger partial charge in [-0.2, -0.15) is 10.1 Å². The highest BCUT2D eigenvalue weighted by molar-refractivity contribution is 5.83. The summed E-state index contributed by atoms with van der Waals surface area (Å²) in [5.41, 5.74) is 4.39. The summed E-state index contributed by atoms with van der Waals surface area (Å²) in [5, 5.41) is 4.16. The minimum absolute atomic E-state index is 0.541. The minimum atomic E-state index is 0.541. The number of carbonyl (C=O) groups excluding carboxylic acids is 1. The number of aromatic nitrogens is 4. The van der Waals surface area contributed by atoms with Crippen molar-refractivity contribution in [3.8, 4) is 22.4 Å². The Bertz CT molecular complexity index is 975. The second kappa shape index (κ2) is 5.46. The Hall–Kier alpha value is -3.34. The van der Waals surface area contributed by atoms with Crippen molar-refractivity contribution >= 4 is 12.1 Å². The van der Waals surface area contributed by atoms with Crippen molar-refractivity contribution < 1.29 is 4.79 Å². The number of benzene rings is 2. The van der Waals surface area contributed by atoms with Crippen LogP contribution in [0.5, 0.6) is 0 Å². The third-order valence-electron chi connectivity index (χ3n) is 3.68. The molecule has 110 valence electrons. The van der Waals surface area contributed by atoms with Crippen LogP contribution in [0.3, 0.4) is 0 Å². The van der Waals surface area contributed by atoms with Crippen LogP contribution in [0, 0.1) is 0 Å². The van der Waals surface area contributed by atoms with E-state index in [4.69, 9.17) is 0 Å². The van der Waals surface area contributed by atoms with Gasteiger partial charge in [0, 0.05) is 22.9 Å². The Morgan fingerprint density at radius 1 is 0.913 bits per heavy atom. The molecule has 23 heavy (non-hydrogen) atoms. The molecule has 0 saturated heterocycles. The second-order valence-corrected chi connectivity index (χ2v) is 5.11. The number of carbonyl (C=O) groups is 1. The third-order valence-corrected chi connectivity index (χ3v) is 3.68. The quantitative estimate of drug-likeness (QED) is 0.545. The number of hydrogen-bond donors (Lipinski definition) is 0. The molecule has 0 aliphatic carbocycles. The highest BCUT2D eigenvalue weighted by atomic mass is 16.1. The van der Waals surface area contributed by atoms with Crippen LogP contribution in [0.4, 0.5) is 0 Å². The molecule has 0 bridgehead atoms. The van der Waals surface area contributed by atoms with Gasteiger partial charge in [0.25, 0.3) is 5.78 Å². The molecule has 2 aromatic heterocycles. The number of fused-ring (bicyclic) bond motifs is 1. The zero-order valence-electron chi connectivity index (χ0n) is 12.1. The molecule has 0 fully saturated rings. The Balaban J connectivity index is 1.97. The van der Waals surface area contributed by atoms with Gasteiger partial charge >= 0.3 is 0 Å². The van der Waals surface area contributed by atoms with Gasteiger partial charge in [0.05, 0.1) is 5.69 Å². The maximum Gasteiger partial charge on any atom is 0.252 e. The summed E-state index contributed by atoms with van der Waals surface area (Å²) < 4.78 is 1.66. The van der Waals surface area contributed by atoms with E-state index in [1.807, 2.05) is 48.7 Å². The monoisotopic (exact) mass is 300 g/mol. The van der Waals surface area contributed by atoms with Gasteiger partial charge in [-0.05, 0) is 5.56 Å². The number of aldehydes is 1. The lowest BCUT2D eigenvalue weighted by Gasteiger charge is -2.10. The van der Waals surface area contributed by atoms with Crippen molar-refractivity contribution in [3.63, 3.8) is 0 Å². The van der Waals surface area contributed by atoms with Gasteiger partial charge in [-0.3, -0.25) is 4.79 Å². The fraction of sp³-hybridized carbons (Fsp3) is 0. The van der Waals surface area contributed by atoms with E-state index in [9.17, 15) is 4.79 Å². The first-order valence-corrected chi connectivity index (χ1v) is 7.16. The molecule has 0 spiro atoms. The molecule has 0 N–H and O–H groups in total. The average molecular weight is 300 g/mol. The molecule has 4 aromatic rings. The van der Waals surface area contributed by atoms with Crippen LogP contribution >= 0.6 is 0 Å². The lowest BCUT2D eigenvalue weighted by atomic mass is 10.0. The van der Waals surface area contributed by atoms with Crippen LogP contribution in [0.15, 0.2) is 67.1 Å². The van der Waals surface area contributed by atoms with E-state index in [1.54, 1.807) is 16.6 Å². The molecule has 4 rings (SSSR count). The van der Waals surface area contributed by atoms with Crippen LogP contribution in [0.2, 0.25) is 0 Å². The third kappa shape index (κ3) is 2.38. The summed E-state index contributed by atoms with van der Waals surface area (Å²) in [7, 11) is 0. The zero-order chi connectivity index (χ0) is 15.6. The first-order chi connectivity index (χ1) is 11.3. The van der Waals surface area contributed by atoms with Crippen molar-refractivity contribution in [2.75, 3.05) is 0 Å². The second-order valence-electron chi connectivity index (χ2n) is 5.11. The molecule has 0 aliphatic heterocycles. The van der Waals surface area contributed by atoms with Crippen LogP contribution in [-0.4, -0.2) is 25.9 Å². The zero-order valence-corrected chi connectivity index (χ0v) is 12.1. The Labute approximate surface area is 132 Å². The lowest BCUT2D eigenvalue weighted by Crippen LogP contribution is -1.97. The topological polar surface area (TPSA) is 60.2 Å². The molecule has 0 amide bonds. The molecular formula is C18H12N4O. The van der Waals surface area contributed by atoms with Crippen molar-refractivity contribution in [1.29, 1.82) is 0 Å². The van der Waals surface area contributed by atoms with Gasteiger partial charge in [-0.1, -0.05) is 54.6 Å². The smallest absolute Gasteiger partial charge is 0.252 e. The molecule has 0 unspecified atom stereocenters. The molecule has 0 radical (unpaired) electrons. The van der Waals surface area contributed by atoms with E-state index in [0.717, 1.165) is 28.7 Å². The number of nitrogens with zero attached hydrogens (tertiary/aromatic N) is 4. The van der Waals surface area contributed by atoms with E-state index in [-0.39, 0.29) is 0 Å². The normalized spacial score (nSPS) is 10.8. The van der Waals surface area contributed by atoms with E-state index >= 15 is 0 Å². The average Bonchev–Trinajstić information content (AvgIpc) is 3.09.